The van der Waals surface area contributed by atoms with Crippen molar-refractivity contribution in [3.8, 4) is 22.5 Å². The lowest BCUT2D eigenvalue weighted by atomic mass is 9.74. The summed E-state index contributed by atoms with van der Waals surface area (Å²) in [6, 6.07) is 10.4. The third kappa shape index (κ3) is 7.28. The number of carbonyl (C=O) groups is 2. The zero-order valence-electron chi connectivity index (χ0n) is 29.0. The second kappa shape index (κ2) is 13.6. The zero-order valence-corrected chi connectivity index (χ0v) is 29.8. The summed E-state index contributed by atoms with van der Waals surface area (Å²) in [6.07, 6.45) is 1.23. The number of rotatable bonds is 13. The van der Waals surface area contributed by atoms with Crippen LogP contribution in [0.5, 0.6) is 0 Å². The number of amides is 1. The van der Waals surface area contributed by atoms with Crippen LogP contribution >= 0.6 is 11.6 Å². The summed E-state index contributed by atoms with van der Waals surface area (Å²) >= 11 is 6.49. The second-order valence-corrected chi connectivity index (χ2v) is 15.2. The predicted molar refractivity (Wildman–Crippen MR) is 185 cm³/mol. The van der Waals surface area contributed by atoms with Gasteiger partial charge in [-0.15, -0.1) is 0 Å². The van der Waals surface area contributed by atoms with Gasteiger partial charge in [0.05, 0.1) is 41.8 Å². The molecule has 11 nitrogen and oxygen atoms in total. The van der Waals surface area contributed by atoms with Crippen LogP contribution in [0, 0.1) is 10.8 Å². The number of nitrogens with two attached hydrogens (primary N) is 1. The number of hydrogen-bond acceptors (Lipinski definition) is 8. The zero-order chi connectivity index (χ0) is 37.6. The van der Waals surface area contributed by atoms with Crippen LogP contribution in [-0.4, -0.2) is 67.2 Å². The normalized spacial score (nSPS) is 18.8. The molecule has 0 radical (unpaired) electrons. The van der Waals surface area contributed by atoms with Crippen LogP contribution < -0.4 is 5.73 Å². The van der Waals surface area contributed by atoms with Crippen molar-refractivity contribution in [3.05, 3.63) is 77.3 Å². The molecule has 1 aliphatic carbocycles. The standard InChI is InChI=1S/C36H39ClF4N8O3/c1-33(2,19-38)14-29(50)52-17-28(22-7-12-27(37)26(13-22)30-43-20-44-47-30)49-31(51)35(46-32(49)42,18-34(3,4)36(39,40)41)24-8-5-21(6-9-24)23-15-45-48(16-23)25-10-11-25/h5-9,12-13,15-16,20,25,28H,10-11,14,17-19H2,1-4H3,(H2,42,46)(H,43,44,47)/t28-,35-/m1/s1. The van der Waals surface area contributed by atoms with E-state index in [4.69, 9.17) is 22.1 Å². The summed E-state index contributed by atoms with van der Waals surface area (Å²) < 4.78 is 64.7. The molecule has 3 N–H and O–H groups in total. The Hall–Kier alpha value is -4.79. The number of guanidine groups is 1. The molecule has 276 valence electrons. The minimum atomic E-state index is -4.71. The minimum Gasteiger partial charge on any atom is -0.463 e. The first-order valence-corrected chi connectivity index (χ1v) is 17.1. The number of H-pyrrole nitrogens is 1. The van der Waals surface area contributed by atoms with Gasteiger partial charge in [0.2, 0.25) is 0 Å². The summed E-state index contributed by atoms with van der Waals surface area (Å²) in [4.78, 5) is 37.6. The molecule has 16 heteroatoms. The highest BCUT2D eigenvalue weighted by Gasteiger charge is 2.59. The van der Waals surface area contributed by atoms with Gasteiger partial charge in [-0.2, -0.15) is 23.4 Å². The number of hydrogen-bond donors (Lipinski definition) is 2. The van der Waals surface area contributed by atoms with Crippen LogP contribution in [0.1, 0.15) is 76.6 Å². The number of alkyl halides is 4. The number of esters is 1. The second-order valence-electron chi connectivity index (χ2n) is 14.8. The molecule has 0 spiro atoms. The number of carbonyl (C=O) groups excluding carboxylic acids is 2. The quantitative estimate of drug-likeness (QED) is 0.108. The molecular weight excluding hydrogens is 704 g/mol. The molecule has 52 heavy (non-hydrogen) atoms. The number of halogens is 5. The van der Waals surface area contributed by atoms with Crippen molar-refractivity contribution in [1.82, 2.24) is 29.9 Å². The van der Waals surface area contributed by atoms with E-state index in [1.807, 2.05) is 10.9 Å². The lowest BCUT2D eigenvalue weighted by Gasteiger charge is -2.37. The van der Waals surface area contributed by atoms with Crippen LogP contribution in [-0.2, 0) is 19.9 Å². The smallest absolute Gasteiger partial charge is 0.394 e. The molecule has 2 aromatic heterocycles. The average molecular weight is 743 g/mol. The number of ether oxygens (including phenoxy) is 1. The van der Waals surface area contributed by atoms with E-state index in [1.54, 1.807) is 56.4 Å². The van der Waals surface area contributed by atoms with Crippen molar-refractivity contribution in [3.63, 3.8) is 0 Å². The van der Waals surface area contributed by atoms with Gasteiger partial charge in [0.1, 0.15) is 12.9 Å². The largest absolute Gasteiger partial charge is 0.463 e. The molecular formula is C36H39ClF4N8O3. The van der Waals surface area contributed by atoms with Gasteiger partial charge in [-0.05, 0) is 48.1 Å². The fraction of sp³-hybridized carbons (Fsp3) is 0.444. The van der Waals surface area contributed by atoms with Crippen LogP contribution in [0.25, 0.3) is 22.5 Å². The van der Waals surface area contributed by atoms with Crippen molar-refractivity contribution < 1.29 is 31.9 Å². The van der Waals surface area contributed by atoms with E-state index in [9.17, 15) is 27.2 Å². The average Bonchev–Trinajstić information content (AvgIpc) is 3.45. The van der Waals surface area contributed by atoms with Gasteiger partial charge in [-0.1, -0.05) is 69.6 Å². The lowest BCUT2D eigenvalue weighted by Crippen LogP contribution is -2.49. The number of benzene rings is 2. The third-order valence-electron chi connectivity index (χ3n) is 9.55. The Morgan fingerprint density at radius 1 is 1.12 bits per heavy atom. The molecule has 1 amide bonds. The molecule has 4 aromatic rings. The van der Waals surface area contributed by atoms with Crippen molar-refractivity contribution in [2.45, 2.75) is 77.2 Å². The van der Waals surface area contributed by atoms with Crippen LogP contribution in [0.3, 0.4) is 0 Å². The topological polar surface area (TPSA) is 144 Å². The van der Waals surface area contributed by atoms with Crippen molar-refractivity contribution in [2.24, 2.45) is 21.6 Å². The summed E-state index contributed by atoms with van der Waals surface area (Å²) in [5.74, 6) is -1.67. The number of aliphatic imine (C=N–C) groups is 1. The van der Waals surface area contributed by atoms with Gasteiger partial charge < -0.3 is 10.5 Å². The molecule has 3 heterocycles. The molecule has 0 saturated heterocycles. The fourth-order valence-electron chi connectivity index (χ4n) is 6.26. The van der Waals surface area contributed by atoms with Crippen LogP contribution in [0.15, 0.2) is 66.2 Å². The van der Waals surface area contributed by atoms with Gasteiger partial charge >= 0.3 is 12.1 Å². The van der Waals surface area contributed by atoms with Crippen LogP contribution in [0.4, 0.5) is 17.6 Å². The van der Waals surface area contributed by atoms with Gasteiger partial charge in [-0.25, -0.2) is 9.98 Å². The van der Waals surface area contributed by atoms with Gasteiger partial charge in [-0.3, -0.25) is 28.7 Å². The van der Waals surface area contributed by atoms with Gasteiger partial charge in [0, 0.05) is 22.7 Å². The van der Waals surface area contributed by atoms with E-state index in [1.165, 1.54) is 12.4 Å². The maximum atomic E-state index is 14.9. The Kier molecular flexibility index (Phi) is 9.70. The van der Waals surface area contributed by atoms with Crippen molar-refractivity contribution >= 4 is 29.4 Å². The first-order valence-electron chi connectivity index (χ1n) is 16.7. The van der Waals surface area contributed by atoms with E-state index in [0.29, 0.717) is 23.0 Å². The van der Waals surface area contributed by atoms with E-state index in [0.717, 1.165) is 42.7 Å². The number of aromatic amines is 1. The molecule has 6 rings (SSSR count). The number of nitrogens with zero attached hydrogens (tertiary/aromatic N) is 6. The summed E-state index contributed by atoms with van der Waals surface area (Å²) in [5.41, 5.74) is 3.49. The van der Waals surface area contributed by atoms with E-state index in [-0.39, 0.29) is 23.0 Å². The fourth-order valence-corrected chi connectivity index (χ4v) is 6.47. The first kappa shape index (κ1) is 37.0. The molecule has 1 saturated carbocycles. The highest BCUT2D eigenvalue weighted by Crippen LogP contribution is 2.51. The highest BCUT2D eigenvalue weighted by atomic mass is 35.5. The van der Waals surface area contributed by atoms with E-state index >= 15 is 0 Å². The highest BCUT2D eigenvalue weighted by molar-refractivity contribution is 6.33. The molecule has 2 atom stereocenters. The monoisotopic (exact) mass is 742 g/mol. The molecule has 2 aromatic carbocycles. The molecule has 1 fully saturated rings. The Labute approximate surface area is 302 Å². The Morgan fingerprint density at radius 3 is 2.44 bits per heavy atom. The third-order valence-corrected chi connectivity index (χ3v) is 9.88. The SMILES string of the molecule is CC(C)(CF)CC(=O)OC[C@H](c1ccc(Cl)c(-c2ncn[nH]2)c1)N1C(=O)[C@@](CC(C)(C)C(F)(F)F)(c2ccc(-c3cnn(C4CC4)c3)cc2)N=C1N. The summed E-state index contributed by atoms with van der Waals surface area (Å²) in [7, 11) is 0. The van der Waals surface area contributed by atoms with E-state index in [2.05, 4.69) is 25.3 Å². The lowest BCUT2D eigenvalue weighted by molar-refractivity contribution is -0.218. The van der Waals surface area contributed by atoms with Gasteiger partial charge in [0.25, 0.3) is 5.91 Å². The molecule has 0 bridgehead atoms. The van der Waals surface area contributed by atoms with E-state index < -0.39 is 60.2 Å². The van der Waals surface area contributed by atoms with Crippen LogP contribution in [0.2, 0.25) is 5.02 Å². The Balaban J connectivity index is 1.42. The Bertz CT molecular complexity index is 1970. The summed E-state index contributed by atoms with van der Waals surface area (Å²) in [5, 5.41) is 11.3. The molecule has 0 unspecified atom stereocenters. The molecule has 1 aliphatic heterocycles. The van der Waals surface area contributed by atoms with Crippen molar-refractivity contribution in [2.75, 3.05) is 13.3 Å². The molecule has 2 aliphatic rings. The number of aromatic nitrogens is 5. The first-order chi connectivity index (χ1) is 24.4. The number of nitrogens with one attached hydrogen (secondary N) is 1. The maximum Gasteiger partial charge on any atom is 0.394 e. The Morgan fingerprint density at radius 2 is 1.83 bits per heavy atom. The van der Waals surface area contributed by atoms with Gasteiger partial charge in [0.15, 0.2) is 17.3 Å². The summed E-state index contributed by atoms with van der Waals surface area (Å²) in [6.45, 7) is 3.86. The van der Waals surface area contributed by atoms with Crippen molar-refractivity contribution in [1.29, 1.82) is 0 Å². The maximum absolute atomic E-state index is 14.9. The predicted octanol–water partition coefficient (Wildman–Crippen LogP) is 7.32. The minimum absolute atomic E-state index is 0.192.